The Morgan fingerprint density at radius 2 is 1.80 bits per heavy atom. The normalized spacial score (nSPS) is 18.0. The van der Waals surface area contributed by atoms with Crippen LogP contribution in [0.15, 0.2) is 75.4 Å². The molecule has 156 valence electrons. The summed E-state index contributed by atoms with van der Waals surface area (Å²) >= 11 is -0.216. The fourth-order valence-electron chi connectivity index (χ4n) is 4.34. The molecule has 0 N–H and O–H groups in total. The molecule has 0 saturated heterocycles. The van der Waals surface area contributed by atoms with Gasteiger partial charge in [-0.3, -0.25) is 0 Å². The fraction of sp³-hybridized carbons (Fsp3) is 0.308. The molecular formula is C26H29Cl2PTi. The van der Waals surface area contributed by atoms with E-state index in [1.165, 1.54) is 35.7 Å². The third kappa shape index (κ3) is 5.59. The van der Waals surface area contributed by atoms with Crippen LogP contribution in [0.3, 0.4) is 0 Å². The van der Waals surface area contributed by atoms with Crippen LogP contribution in [0.1, 0.15) is 54.0 Å². The van der Waals surface area contributed by atoms with Gasteiger partial charge in [0.25, 0.3) is 0 Å². The average Bonchev–Trinajstić information content (AvgIpc) is 3.29. The Bertz CT molecular complexity index is 961. The minimum atomic E-state index is -0.216. The molecular weight excluding hydrogens is 462 g/mol. The molecule has 0 bridgehead atoms. The smallest absolute Gasteiger partial charge is 1.00 e. The van der Waals surface area contributed by atoms with Gasteiger partial charge in [-0.05, 0) is 0 Å². The molecule has 2 aromatic rings. The van der Waals surface area contributed by atoms with Gasteiger partial charge in [0, 0.05) is 0 Å². The third-order valence-corrected chi connectivity index (χ3v) is 10.6. The SMILES string of the molecule is CCCC(C)C1=[C]([Ti+2][CH]2C(Pc3ccccc3C)=Cc3ccccc32)CC=C1.[Cl-].[Cl-]. The predicted molar refractivity (Wildman–Crippen MR) is 121 cm³/mol. The summed E-state index contributed by atoms with van der Waals surface area (Å²) in [4.78, 5) is 0. The van der Waals surface area contributed by atoms with E-state index >= 15 is 0 Å². The molecule has 0 heterocycles. The first-order chi connectivity index (χ1) is 13.7. The monoisotopic (exact) mass is 490 g/mol. The molecule has 0 aromatic heterocycles. The van der Waals surface area contributed by atoms with Crippen molar-refractivity contribution in [2.75, 3.05) is 0 Å². The molecule has 3 unspecified atom stereocenters. The van der Waals surface area contributed by atoms with Crippen molar-refractivity contribution < 1.29 is 44.0 Å². The van der Waals surface area contributed by atoms with Crippen LogP contribution in [0.25, 0.3) is 6.08 Å². The molecule has 0 radical (unpaired) electrons. The van der Waals surface area contributed by atoms with Gasteiger partial charge in [-0.2, -0.15) is 0 Å². The quantitative estimate of drug-likeness (QED) is 0.403. The van der Waals surface area contributed by atoms with E-state index in [2.05, 4.69) is 87.5 Å². The Morgan fingerprint density at radius 3 is 2.57 bits per heavy atom. The first-order valence-corrected chi connectivity index (χ1v) is 13.1. The van der Waals surface area contributed by atoms with E-state index in [-0.39, 0.29) is 44.0 Å². The Balaban J connectivity index is 0.00000160. The summed E-state index contributed by atoms with van der Waals surface area (Å²) in [6.07, 6.45) is 11.1. The van der Waals surface area contributed by atoms with E-state index in [9.17, 15) is 0 Å². The van der Waals surface area contributed by atoms with Crippen LogP contribution in [0, 0.1) is 12.8 Å². The van der Waals surface area contributed by atoms with Crippen LogP contribution in [-0.4, -0.2) is 0 Å². The molecule has 2 aliphatic rings. The zero-order valence-corrected chi connectivity index (χ0v) is 22.0. The number of rotatable bonds is 7. The summed E-state index contributed by atoms with van der Waals surface area (Å²) in [6, 6.07) is 18.0. The van der Waals surface area contributed by atoms with Crippen molar-refractivity contribution in [1.29, 1.82) is 0 Å². The van der Waals surface area contributed by atoms with Gasteiger partial charge < -0.3 is 24.8 Å². The van der Waals surface area contributed by atoms with E-state index < -0.39 is 0 Å². The van der Waals surface area contributed by atoms with E-state index in [1.807, 2.05) is 0 Å². The number of allylic oxidation sites excluding steroid dienone is 5. The van der Waals surface area contributed by atoms with Crippen molar-refractivity contribution in [1.82, 2.24) is 0 Å². The molecule has 2 aliphatic carbocycles. The summed E-state index contributed by atoms with van der Waals surface area (Å²) in [6.45, 7) is 6.99. The summed E-state index contributed by atoms with van der Waals surface area (Å²) in [5, 5.41) is 3.17. The third-order valence-electron chi connectivity index (χ3n) is 5.89. The summed E-state index contributed by atoms with van der Waals surface area (Å²) < 4.78 is 2.45. The zero-order chi connectivity index (χ0) is 19.5. The predicted octanol–water partition coefficient (Wildman–Crippen LogP) is 1.14. The molecule has 0 spiro atoms. The maximum atomic E-state index is 2.51. The van der Waals surface area contributed by atoms with Crippen LogP contribution >= 0.6 is 8.58 Å². The maximum absolute atomic E-state index is 2.51. The summed E-state index contributed by atoms with van der Waals surface area (Å²) in [5.74, 6) is 0.713. The van der Waals surface area contributed by atoms with Gasteiger partial charge in [0.15, 0.2) is 0 Å². The van der Waals surface area contributed by atoms with E-state index in [1.54, 1.807) is 20.3 Å². The molecule has 30 heavy (non-hydrogen) atoms. The van der Waals surface area contributed by atoms with Crippen molar-refractivity contribution >= 4 is 20.0 Å². The molecule has 0 fully saturated rings. The standard InChI is InChI=1S/C16H14P.C10H15.2ClH.Ti/c1-12-6-2-5-9-16(12)17-15-10-13-7-3-4-8-14(13)11-15;1-3-6-9(2)10-7-4-5-8-10;;;/h2-11,17H,1H3;4,7,9H,3,5-6H2,1-2H3;2*1H;/q;;;;+2/p-2. The van der Waals surface area contributed by atoms with Crippen molar-refractivity contribution in [2.24, 2.45) is 5.92 Å². The number of benzene rings is 2. The second-order valence-electron chi connectivity index (χ2n) is 7.98. The van der Waals surface area contributed by atoms with Gasteiger partial charge in [0.1, 0.15) is 0 Å². The first-order valence-electron chi connectivity index (χ1n) is 10.5. The van der Waals surface area contributed by atoms with Crippen LogP contribution in [0.5, 0.6) is 0 Å². The molecule has 4 heteroatoms. The molecule has 0 amide bonds. The number of hydrogen-bond donors (Lipinski definition) is 0. The van der Waals surface area contributed by atoms with Crippen LogP contribution < -0.4 is 30.1 Å². The fourth-order valence-corrected chi connectivity index (χ4v) is 8.99. The molecule has 0 aliphatic heterocycles. The van der Waals surface area contributed by atoms with Gasteiger partial charge in [0.2, 0.25) is 0 Å². The topological polar surface area (TPSA) is 0 Å². The molecule has 2 aromatic carbocycles. The summed E-state index contributed by atoms with van der Waals surface area (Å²) in [5.41, 5.74) is 6.14. The van der Waals surface area contributed by atoms with Crippen molar-refractivity contribution in [3.05, 3.63) is 92.1 Å². The maximum Gasteiger partial charge on any atom is -1.00 e. The molecule has 3 atom stereocenters. The van der Waals surface area contributed by atoms with Crippen LogP contribution in [0.4, 0.5) is 0 Å². The number of hydrogen-bond acceptors (Lipinski definition) is 0. The van der Waals surface area contributed by atoms with Crippen molar-refractivity contribution in [2.45, 2.75) is 44.3 Å². The van der Waals surface area contributed by atoms with Crippen LogP contribution in [0.2, 0.25) is 0 Å². The second-order valence-corrected chi connectivity index (χ2v) is 11.6. The van der Waals surface area contributed by atoms with E-state index in [4.69, 9.17) is 0 Å². The Hall–Kier alpha value is -0.616. The van der Waals surface area contributed by atoms with Crippen molar-refractivity contribution in [3.63, 3.8) is 0 Å². The Labute approximate surface area is 205 Å². The van der Waals surface area contributed by atoms with E-state index in [0.717, 1.165) is 8.58 Å². The molecule has 0 saturated carbocycles. The summed E-state index contributed by atoms with van der Waals surface area (Å²) in [7, 11) is 0.793. The minimum absolute atomic E-state index is 0. The average molecular weight is 491 g/mol. The second kappa shape index (κ2) is 11.8. The molecule has 0 nitrogen and oxygen atoms in total. The van der Waals surface area contributed by atoms with Gasteiger partial charge >= 0.3 is 181 Å². The number of aryl methyl sites for hydroxylation is 1. The van der Waals surface area contributed by atoms with Gasteiger partial charge in [0.05, 0.1) is 0 Å². The van der Waals surface area contributed by atoms with Gasteiger partial charge in [-0.15, -0.1) is 0 Å². The number of halogens is 2. The largest absolute Gasteiger partial charge is 1.00 e. The van der Waals surface area contributed by atoms with E-state index in [0.29, 0.717) is 10.1 Å². The van der Waals surface area contributed by atoms with Gasteiger partial charge in [-0.25, -0.2) is 0 Å². The van der Waals surface area contributed by atoms with Gasteiger partial charge in [-0.1, -0.05) is 0 Å². The molecule has 4 rings (SSSR count). The van der Waals surface area contributed by atoms with Crippen molar-refractivity contribution in [3.8, 4) is 0 Å². The Morgan fingerprint density at radius 1 is 1.07 bits per heavy atom. The zero-order valence-electron chi connectivity index (χ0n) is 17.9. The Kier molecular flexibility index (Phi) is 10.1. The first kappa shape index (κ1) is 25.6. The number of fused-ring (bicyclic) bond motifs is 1. The van der Waals surface area contributed by atoms with Crippen LogP contribution in [-0.2, 0) is 19.2 Å². The minimum Gasteiger partial charge on any atom is -1.00 e.